The molecule has 0 aliphatic carbocycles. The highest BCUT2D eigenvalue weighted by Crippen LogP contribution is 2.28. The van der Waals surface area contributed by atoms with E-state index in [0.29, 0.717) is 0 Å². The van der Waals surface area contributed by atoms with Crippen LogP contribution in [0.1, 0.15) is 0 Å². The van der Waals surface area contributed by atoms with Gasteiger partial charge >= 0.3 is 5.69 Å². The molecular formula is C11H10N4O4. The fourth-order valence-electron chi connectivity index (χ4n) is 1.16. The minimum atomic E-state index is -0.718. The van der Waals surface area contributed by atoms with Crippen molar-refractivity contribution in [2.75, 3.05) is 5.43 Å². The van der Waals surface area contributed by atoms with Crippen molar-refractivity contribution in [3.63, 3.8) is 0 Å². The Kier molecular flexibility index (Phi) is 4.91. The van der Waals surface area contributed by atoms with Gasteiger partial charge in [-0.05, 0) is 12.1 Å². The first kappa shape index (κ1) is 14.0. The largest absolute Gasteiger partial charge is 0.301 e. The van der Waals surface area contributed by atoms with Crippen molar-refractivity contribution in [2.24, 2.45) is 5.10 Å². The summed E-state index contributed by atoms with van der Waals surface area (Å²) in [6, 6.07) is 3.26. The molecule has 8 heteroatoms. The minimum absolute atomic E-state index is 0.0684. The Labute approximate surface area is 108 Å². The molecule has 0 spiro atoms. The number of nitrogens with one attached hydrogen (secondary N) is 1. The van der Waals surface area contributed by atoms with Crippen LogP contribution in [0.15, 0.2) is 48.1 Å². The van der Waals surface area contributed by atoms with Crippen molar-refractivity contribution < 1.29 is 9.85 Å². The van der Waals surface area contributed by atoms with Gasteiger partial charge in [-0.2, -0.15) is 5.10 Å². The highest BCUT2D eigenvalue weighted by atomic mass is 16.6. The smallest absolute Gasteiger partial charge is 0.272 e. The number of benzene rings is 1. The quantitative estimate of drug-likeness (QED) is 0.366. The molecule has 0 atom stereocenters. The molecule has 0 radical (unpaired) electrons. The highest BCUT2D eigenvalue weighted by Gasteiger charge is 2.18. The number of nitro benzene ring substituents is 2. The summed E-state index contributed by atoms with van der Waals surface area (Å²) < 4.78 is 0. The Morgan fingerprint density at radius 3 is 2.53 bits per heavy atom. The van der Waals surface area contributed by atoms with Gasteiger partial charge < -0.3 is 0 Å². The SMILES string of the molecule is C=C/C=C/C=N\Nc1ccc([N+](=O)[O-])cc1[N+](=O)[O-]. The molecule has 19 heavy (non-hydrogen) atoms. The monoisotopic (exact) mass is 262 g/mol. The molecule has 98 valence electrons. The van der Waals surface area contributed by atoms with E-state index in [9.17, 15) is 20.2 Å². The molecule has 8 nitrogen and oxygen atoms in total. The Balaban J connectivity index is 2.97. The summed E-state index contributed by atoms with van der Waals surface area (Å²) in [5, 5.41) is 25.0. The van der Waals surface area contributed by atoms with Crippen molar-refractivity contribution in [1.29, 1.82) is 0 Å². The second-order valence-corrected chi connectivity index (χ2v) is 3.23. The molecule has 0 aliphatic heterocycles. The second-order valence-electron chi connectivity index (χ2n) is 3.23. The summed E-state index contributed by atoms with van der Waals surface area (Å²) in [6.45, 7) is 3.46. The van der Waals surface area contributed by atoms with E-state index in [0.717, 1.165) is 12.1 Å². The first-order valence-electron chi connectivity index (χ1n) is 5.06. The van der Waals surface area contributed by atoms with E-state index in [-0.39, 0.29) is 11.4 Å². The van der Waals surface area contributed by atoms with Gasteiger partial charge in [0.25, 0.3) is 5.69 Å². The minimum Gasteiger partial charge on any atom is -0.272 e. The highest BCUT2D eigenvalue weighted by molar-refractivity contribution is 5.73. The lowest BCUT2D eigenvalue weighted by Crippen LogP contribution is -1.98. The van der Waals surface area contributed by atoms with Crippen LogP contribution in [0.25, 0.3) is 0 Å². The standard InChI is InChI=1S/C11H10N4O4/c1-2-3-4-7-12-13-10-6-5-9(14(16)17)8-11(10)15(18)19/h2-8,13H,1H2/b4-3+,12-7-. The number of hydrazone groups is 1. The van der Waals surface area contributed by atoms with E-state index in [2.05, 4.69) is 17.1 Å². The Morgan fingerprint density at radius 1 is 1.21 bits per heavy atom. The van der Waals surface area contributed by atoms with Crippen LogP contribution in [0.3, 0.4) is 0 Å². The molecular weight excluding hydrogens is 252 g/mol. The summed E-state index contributed by atoms with van der Waals surface area (Å²) in [5.41, 5.74) is 1.74. The molecule has 0 aliphatic rings. The van der Waals surface area contributed by atoms with Gasteiger partial charge in [0, 0.05) is 12.3 Å². The third-order valence-corrected chi connectivity index (χ3v) is 1.98. The lowest BCUT2D eigenvalue weighted by atomic mass is 10.2. The van der Waals surface area contributed by atoms with Crippen LogP contribution < -0.4 is 5.43 Å². The molecule has 0 saturated carbocycles. The van der Waals surface area contributed by atoms with E-state index in [4.69, 9.17) is 0 Å². The normalized spacial score (nSPS) is 10.7. The predicted molar refractivity (Wildman–Crippen MR) is 71.2 cm³/mol. The fourth-order valence-corrected chi connectivity index (χ4v) is 1.16. The average Bonchev–Trinajstić information content (AvgIpc) is 2.38. The van der Waals surface area contributed by atoms with E-state index in [1.807, 2.05) is 0 Å². The molecule has 0 heterocycles. The van der Waals surface area contributed by atoms with Crippen LogP contribution >= 0.6 is 0 Å². The van der Waals surface area contributed by atoms with Crippen molar-refractivity contribution in [3.8, 4) is 0 Å². The number of hydrogen-bond donors (Lipinski definition) is 1. The zero-order valence-corrected chi connectivity index (χ0v) is 9.72. The third-order valence-electron chi connectivity index (χ3n) is 1.98. The molecule has 0 aromatic heterocycles. The van der Waals surface area contributed by atoms with Gasteiger partial charge in [-0.25, -0.2) is 0 Å². The van der Waals surface area contributed by atoms with Crippen LogP contribution in [-0.4, -0.2) is 16.1 Å². The summed E-state index contributed by atoms with van der Waals surface area (Å²) >= 11 is 0. The lowest BCUT2D eigenvalue weighted by molar-refractivity contribution is -0.393. The van der Waals surface area contributed by atoms with Gasteiger partial charge in [0.1, 0.15) is 5.69 Å². The van der Waals surface area contributed by atoms with E-state index >= 15 is 0 Å². The average molecular weight is 262 g/mol. The number of hydrogen-bond acceptors (Lipinski definition) is 6. The summed E-state index contributed by atoms with van der Waals surface area (Å²) in [5.74, 6) is 0. The number of rotatable bonds is 6. The second kappa shape index (κ2) is 6.64. The summed E-state index contributed by atoms with van der Waals surface area (Å²) in [4.78, 5) is 19.9. The van der Waals surface area contributed by atoms with E-state index in [1.54, 1.807) is 18.2 Å². The fraction of sp³-hybridized carbons (Fsp3) is 0. The summed E-state index contributed by atoms with van der Waals surface area (Å²) in [6.07, 6.45) is 6.10. The van der Waals surface area contributed by atoms with Crippen molar-refractivity contribution in [3.05, 3.63) is 63.2 Å². The van der Waals surface area contributed by atoms with Crippen LogP contribution in [0, 0.1) is 20.2 Å². The Hall–Kier alpha value is -3.03. The van der Waals surface area contributed by atoms with Gasteiger partial charge in [0.05, 0.1) is 15.9 Å². The zero-order valence-electron chi connectivity index (χ0n) is 9.72. The zero-order chi connectivity index (χ0) is 14.3. The van der Waals surface area contributed by atoms with E-state index in [1.165, 1.54) is 12.3 Å². The van der Waals surface area contributed by atoms with Gasteiger partial charge in [0.15, 0.2) is 0 Å². The predicted octanol–water partition coefficient (Wildman–Crippen LogP) is 2.64. The maximum atomic E-state index is 10.8. The van der Waals surface area contributed by atoms with Crippen LogP contribution in [0.2, 0.25) is 0 Å². The van der Waals surface area contributed by atoms with Crippen molar-refractivity contribution in [1.82, 2.24) is 0 Å². The molecule has 1 aromatic carbocycles. The maximum Gasteiger partial charge on any atom is 0.301 e. The summed E-state index contributed by atoms with van der Waals surface area (Å²) in [7, 11) is 0. The first-order valence-corrected chi connectivity index (χ1v) is 5.06. The number of allylic oxidation sites excluding steroid dienone is 3. The molecule has 0 fully saturated rings. The number of nitro groups is 2. The van der Waals surface area contributed by atoms with Gasteiger partial charge in [-0.1, -0.05) is 18.7 Å². The van der Waals surface area contributed by atoms with Crippen LogP contribution in [0.5, 0.6) is 0 Å². The first-order chi connectivity index (χ1) is 9.06. The molecule has 0 amide bonds. The Bertz CT molecular complexity index is 566. The third kappa shape index (κ3) is 4.04. The molecule has 1 N–H and O–H groups in total. The number of non-ortho nitro benzene ring substituents is 1. The molecule has 0 saturated heterocycles. The van der Waals surface area contributed by atoms with Gasteiger partial charge in [0.2, 0.25) is 0 Å². The molecule has 0 bridgehead atoms. The van der Waals surface area contributed by atoms with Crippen LogP contribution in [-0.2, 0) is 0 Å². The van der Waals surface area contributed by atoms with Crippen molar-refractivity contribution >= 4 is 23.3 Å². The van der Waals surface area contributed by atoms with Crippen LogP contribution in [0.4, 0.5) is 17.1 Å². The lowest BCUT2D eigenvalue weighted by Gasteiger charge is -2.01. The molecule has 1 rings (SSSR count). The maximum absolute atomic E-state index is 10.8. The Morgan fingerprint density at radius 2 is 1.95 bits per heavy atom. The number of nitrogens with zero attached hydrogens (tertiary/aromatic N) is 3. The van der Waals surface area contributed by atoms with E-state index < -0.39 is 15.5 Å². The van der Waals surface area contributed by atoms with Gasteiger partial charge in [-0.15, -0.1) is 0 Å². The molecule has 1 aromatic rings. The number of anilines is 1. The molecule has 0 unspecified atom stereocenters. The van der Waals surface area contributed by atoms with Crippen molar-refractivity contribution in [2.45, 2.75) is 0 Å². The van der Waals surface area contributed by atoms with Gasteiger partial charge in [-0.3, -0.25) is 25.7 Å². The topological polar surface area (TPSA) is 111 Å².